The average molecular weight is 362 g/mol. The van der Waals surface area contributed by atoms with Crippen LogP contribution in [0.4, 0.5) is 10.5 Å². The van der Waals surface area contributed by atoms with E-state index in [1.165, 1.54) is 0 Å². The molecule has 0 atom stereocenters. The Kier molecular flexibility index (Phi) is 6.18. The number of aryl methyl sites for hydroxylation is 3. The maximum Gasteiger partial charge on any atom is 0.352 e. The van der Waals surface area contributed by atoms with E-state index in [9.17, 15) is 14.4 Å². The standard InChI is InChI=1S/C16H18N4O4S/c1-4-12-14(25-20-19-12)15(22)24-8-13(21)18-16(23)17-11-6-5-9(2)10(3)7-11/h5-7H,4,8H2,1-3H3,(H2,17,18,21,23). The van der Waals surface area contributed by atoms with Crippen molar-refractivity contribution in [2.75, 3.05) is 11.9 Å². The Bertz CT molecular complexity index is 803. The summed E-state index contributed by atoms with van der Waals surface area (Å²) in [6.45, 7) is 5.14. The second-order valence-electron chi connectivity index (χ2n) is 5.28. The Balaban J connectivity index is 1.82. The summed E-state index contributed by atoms with van der Waals surface area (Å²) < 4.78 is 8.55. The highest BCUT2D eigenvalue weighted by atomic mass is 32.1. The van der Waals surface area contributed by atoms with E-state index in [0.717, 1.165) is 22.7 Å². The van der Waals surface area contributed by atoms with Gasteiger partial charge in [0.2, 0.25) is 0 Å². The van der Waals surface area contributed by atoms with Gasteiger partial charge in [0.25, 0.3) is 5.91 Å². The number of ether oxygens (including phenoxy) is 1. The van der Waals surface area contributed by atoms with Crippen molar-refractivity contribution in [1.82, 2.24) is 14.9 Å². The first-order chi connectivity index (χ1) is 11.9. The second-order valence-corrected chi connectivity index (χ2v) is 6.03. The third-order valence-electron chi connectivity index (χ3n) is 3.43. The van der Waals surface area contributed by atoms with Gasteiger partial charge in [-0.3, -0.25) is 10.1 Å². The summed E-state index contributed by atoms with van der Waals surface area (Å²) in [4.78, 5) is 35.6. The normalized spacial score (nSPS) is 10.2. The summed E-state index contributed by atoms with van der Waals surface area (Å²) >= 11 is 0.905. The van der Waals surface area contributed by atoms with Gasteiger partial charge >= 0.3 is 12.0 Å². The van der Waals surface area contributed by atoms with E-state index in [-0.39, 0.29) is 4.88 Å². The Hall–Kier alpha value is -2.81. The van der Waals surface area contributed by atoms with E-state index in [2.05, 4.69) is 20.2 Å². The summed E-state index contributed by atoms with van der Waals surface area (Å²) in [7, 11) is 0. The van der Waals surface area contributed by atoms with Crippen LogP contribution in [-0.4, -0.2) is 34.1 Å². The molecule has 2 N–H and O–H groups in total. The Morgan fingerprint density at radius 2 is 1.96 bits per heavy atom. The molecular weight excluding hydrogens is 344 g/mol. The molecule has 0 unspecified atom stereocenters. The molecule has 0 spiro atoms. The highest BCUT2D eigenvalue weighted by Crippen LogP contribution is 2.14. The first kappa shape index (κ1) is 18.5. The molecule has 0 saturated heterocycles. The van der Waals surface area contributed by atoms with Crippen molar-refractivity contribution in [3.8, 4) is 0 Å². The predicted molar refractivity (Wildman–Crippen MR) is 92.6 cm³/mol. The molecule has 3 amide bonds. The van der Waals surface area contributed by atoms with Crippen LogP contribution in [0.3, 0.4) is 0 Å². The number of esters is 1. The molecule has 0 aliphatic carbocycles. The number of amides is 3. The summed E-state index contributed by atoms with van der Waals surface area (Å²) in [5, 5.41) is 8.44. The number of nitrogens with zero attached hydrogens (tertiary/aromatic N) is 2. The van der Waals surface area contributed by atoms with Crippen LogP contribution >= 0.6 is 11.5 Å². The molecule has 0 saturated carbocycles. The molecule has 1 aromatic carbocycles. The van der Waals surface area contributed by atoms with Crippen molar-refractivity contribution in [2.45, 2.75) is 27.2 Å². The molecule has 0 radical (unpaired) electrons. The number of urea groups is 1. The van der Waals surface area contributed by atoms with Crippen molar-refractivity contribution in [1.29, 1.82) is 0 Å². The molecule has 0 aliphatic rings. The van der Waals surface area contributed by atoms with Gasteiger partial charge in [0.05, 0.1) is 5.69 Å². The minimum atomic E-state index is -0.731. The van der Waals surface area contributed by atoms with Gasteiger partial charge in [-0.15, -0.1) is 5.10 Å². The number of benzene rings is 1. The number of imide groups is 1. The van der Waals surface area contributed by atoms with Crippen molar-refractivity contribution >= 4 is 35.1 Å². The van der Waals surface area contributed by atoms with E-state index >= 15 is 0 Å². The minimum absolute atomic E-state index is 0.259. The van der Waals surface area contributed by atoms with Crippen LogP contribution in [0.25, 0.3) is 0 Å². The molecule has 25 heavy (non-hydrogen) atoms. The summed E-state index contributed by atoms with van der Waals surface area (Å²) in [5.74, 6) is -1.42. The lowest BCUT2D eigenvalue weighted by molar-refractivity contribution is -0.123. The van der Waals surface area contributed by atoms with E-state index in [0.29, 0.717) is 17.8 Å². The van der Waals surface area contributed by atoms with Crippen LogP contribution < -0.4 is 10.6 Å². The Morgan fingerprint density at radius 1 is 1.20 bits per heavy atom. The maximum atomic E-state index is 11.9. The number of anilines is 1. The molecule has 1 heterocycles. The molecule has 2 aromatic rings. The lowest BCUT2D eigenvalue weighted by Gasteiger charge is -2.09. The number of nitrogens with one attached hydrogen (secondary N) is 2. The van der Waals surface area contributed by atoms with Gasteiger partial charge in [-0.25, -0.2) is 9.59 Å². The highest BCUT2D eigenvalue weighted by molar-refractivity contribution is 7.07. The van der Waals surface area contributed by atoms with Crippen LogP contribution in [0.15, 0.2) is 18.2 Å². The topological polar surface area (TPSA) is 110 Å². The van der Waals surface area contributed by atoms with E-state index in [1.54, 1.807) is 12.1 Å². The second kappa shape index (κ2) is 8.34. The van der Waals surface area contributed by atoms with Crippen LogP contribution in [0.5, 0.6) is 0 Å². The SMILES string of the molecule is CCc1nnsc1C(=O)OCC(=O)NC(=O)Nc1ccc(C)c(C)c1. The van der Waals surface area contributed by atoms with E-state index < -0.39 is 24.5 Å². The van der Waals surface area contributed by atoms with Crippen LogP contribution in [-0.2, 0) is 16.0 Å². The predicted octanol–water partition coefficient (Wildman–Crippen LogP) is 2.22. The molecule has 9 heteroatoms. The van der Waals surface area contributed by atoms with E-state index in [1.807, 2.05) is 26.8 Å². The molecule has 0 bridgehead atoms. The van der Waals surface area contributed by atoms with Gasteiger partial charge in [0.15, 0.2) is 11.5 Å². The lowest BCUT2D eigenvalue weighted by atomic mass is 10.1. The third-order valence-corrected chi connectivity index (χ3v) is 4.18. The fourth-order valence-electron chi connectivity index (χ4n) is 1.94. The zero-order valence-corrected chi connectivity index (χ0v) is 14.9. The van der Waals surface area contributed by atoms with Crippen molar-refractivity contribution in [2.24, 2.45) is 0 Å². The van der Waals surface area contributed by atoms with Gasteiger partial charge in [0.1, 0.15) is 0 Å². The third kappa shape index (κ3) is 5.08. The van der Waals surface area contributed by atoms with Gasteiger partial charge in [-0.2, -0.15) is 0 Å². The molecule has 1 aromatic heterocycles. The van der Waals surface area contributed by atoms with Crippen molar-refractivity contribution in [3.05, 3.63) is 39.9 Å². The number of hydrogen-bond acceptors (Lipinski definition) is 7. The zero-order chi connectivity index (χ0) is 18.4. The largest absolute Gasteiger partial charge is 0.451 e. The van der Waals surface area contributed by atoms with Gasteiger partial charge < -0.3 is 10.1 Å². The lowest BCUT2D eigenvalue weighted by Crippen LogP contribution is -2.37. The molecule has 0 fully saturated rings. The molecule has 132 valence electrons. The fraction of sp³-hybridized carbons (Fsp3) is 0.312. The van der Waals surface area contributed by atoms with Crippen LogP contribution in [0.1, 0.15) is 33.4 Å². The Morgan fingerprint density at radius 3 is 2.64 bits per heavy atom. The van der Waals surface area contributed by atoms with E-state index in [4.69, 9.17) is 4.74 Å². The quantitative estimate of drug-likeness (QED) is 0.789. The van der Waals surface area contributed by atoms with Gasteiger partial charge in [0, 0.05) is 5.69 Å². The monoisotopic (exact) mass is 362 g/mol. The van der Waals surface area contributed by atoms with Gasteiger partial charge in [-0.1, -0.05) is 17.5 Å². The summed E-state index contributed by atoms with van der Waals surface area (Å²) in [6.07, 6.45) is 0.533. The number of carbonyl (C=O) groups is 3. The molecular formula is C16H18N4O4S. The van der Waals surface area contributed by atoms with Gasteiger partial charge in [-0.05, 0) is 55.1 Å². The van der Waals surface area contributed by atoms with Crippen LogP contribution in [0.2, 0.25) is 0 Å². The number of hydrogen-bond donors (Lipinski definition) is 2. The van der Waals surface area contributed by atoms with Crippen molar-refractivity contribution < 1.29 is 19.1 Å². The first-order valence-corrected chi connectivity index (χ1v) is 8.34. The van der Waals surface area contributed by atoms with Crippen LogP contribution in [0, 0.1) is 13.8 Å². The minimum Gasteiger partial charge on any atom is -0.451 e. The Labute approximate surface area is 148 Å². The number of carbonyl (C=O) groups excluding carboxylic acids is 3. The highest BCUT2D eigenvalue weighted by Gasteiger charge is 2.18. The average Bonchev–Trinajstić information content (AvgIpc) is 3.04. The summed E-state index contributed by atoms with van der Waals surface area (Å²) in [6, 6.07) is 4.69. The maximum absolute atomic E-state index is 11.9. The number of aromatic nitrogens is 2. The first-order valence-electron chi connectivity index (χ1n) is 7.57. The molecule has 8 nitrogen and oxygen atoms in total. The molecule has 0 aliphatic heterocycles. The zero-order valence-electron chi connectivity index (χ0n) is 14.1. The molecule has 2 rings (SSSR count). The number of rotatable bonds is 5. The fourth-order valence-corrected chi connectivity index (χ4v) is 2.58. The smallest absolute Gasteiger partial charge is 0.352 e. The summed E-state index contributed by atoms with van der Waals surface area (Å²) in [5.41, 5.74) is 3.19. The van der Waals surface area contributed by atoms with Crippen molar-refractivity contribution in [3.63, 3.8) is 0 Å².